The van der Waals surface area contributed by atoms with Gasteiger partial charge in [0.1, 0.15) is 5.82 Å². The largest absolute Gasteiger partial charge is 0.417 e. The maximum absolute atomic E-state index is 13.3. The SMILES string of the molecule is Cc1cc(-n2ccc(S(=O)(=O)c3ccccc3C(F)(F)F)c2)n(C(C)(C)C)n1. The topological polar surface area (TPSA) is 56.9 Å². The molecule has 0 amide bonds. The van der Waals surface area contributed by atoms with Gasteiger partial charge in [0, 0.05) is 18.5 Å². The Balaban J connectivity index is 2.12. The highest BCUT2D eigenvalue weighted by atomic mass is 32.2. The molecule has 5 nitrogen and oxygen atoms in total. The van der Waals surface area contributed by atoms with Gasteiger partial charge in [-0.1, -0.05) is 12.1 Å². The lowest BCUT2D eigenvalue weighted by Crippen LogP contribution is -2.25. The summed E-state index contributed by atoms with van der Waals surface area (Å²) < 4.78 is 68.9. The Kier molecular flexibility index (Phi) is 4.69. The van der Waals surface area contributed by atoms with Crippen molar-refractivity contribution in [3.8, 4) is 5.82 Å². The van der Waals surface area contributed by atoms with Crippen LogP contribution in [0.1, 0.15) is 32.0 Å². The fourth-order valence-electron chi connectivity index (χ4n) is 2.90. The van der Waals surface area contributed by atoms with Gasteiger partial charge in [0.25, 0.3) is 0 Å². The minimum Gasteiger partial charge on any atom is -0.307 e. The summed E-state index contributed by atoms with van der Waals surface area (Å²) in [5.41, 5.74) is -0.806. The molecule has 9 heteroatoms. The van der Waals surface area contributed by atoms with Crippen LogP contribution in [0.4, 0.5) is 13.2 Å². The monoisotopic (exact) mass is 411 g/mol. The van der Waals surface area contributed by atoms with E-state index in [4.69, 9.17) is 0 Å². The molecule has 0 atom stereocenters. The lowest BCUT2D eigenvalue weighted by atomic mass is 10.1. The van der Waals surface area contributed by atoms with Crippen molar-refractivity contribution in [1.29, 1.82) is 0 Å². The van der Waals surface area contributed by atoms with Crippen molar-refractivity contribution in [2.24, 2.45) is 0 Å². The summed E-state index contributed by atoms with van der Waals surface area (Å²) in [6.07, 6.45) is -1.96. The second-order valence-corrected chi connectivity index (χ2v) is 9.40. The average molecular weight is 411 g/mol. The van der Waals surface area contributed by atoms with Crippen LogP contribution in [0.3, 0.4) is 0 Å². The molecule has 0 saturated heterocycles. The number of rotatable bonds is 3. The number of hydrogen-bond acceptors (Lipinski definition) is 3. The molecule has 2 heterocycles. The molecular weight excluding hydrogens is 391 g/mol. The molecule has 0 aliphatic rings. The standard InChI is InChI=1S/C19H20F3N3O2S/c1-13-11-17(25(23-13)18(2,3)4)24-10-9-14(12-24)28(26,27)16-8-6-5-7-15(16)19(20,21)22/h5-12H,1-4H3. The number of halogens is 3. The molecule has 0 radical (unpaired) electrons. The van der Waals surface area contributed by atoms with E-state index >= 15 is 0 Å². The van der Waals surface area contributed by atoms with Gasteiger partial charge in [0.05, 0.1) is 26.6 Å². The Labute approximate surface area is 161 Å². The number of hydrogen-bond donors (Lipinski definition) is 0. The van der Waals surface area contributed by atoms with Crippen molar-refractivity contribution in [3.05, 3.63) is 60.0 Å². The smallest absolute Gasteiger partial charge is 0.307 e. The van der Waals surface area contributed by atoms with Crippen LogP contribution in [-0.2, 0) is 21.6 Å². The highest BCUT2D eigenvalue weighted by Gasteiger charge is 2.37. The zero-order chi connectivity index (χ0) is 20.9. The van der Waals surface area contributed by atoms with Crippen LogP contribution in [0.25, 0.3) is 5.82 Å². The first-order valence-corrected chi connectivity index (χ1v) is 9.97. The first-order chi connectivity index (χ1) is 12.8. The minimum atomic E-state index is -4.77. The molecule has 0 aliphatic carbocycles. The van der Waals surface area contributed by atoms with E-state index < -0.39 is 26.5 Å². The van der Waals surface area contributed by atoms with Crippen molar-refractivity contribution < 1.29 is 21.6 Å². The van der Waals surface area contributed by atoms with E-state index in [1.165, 1.54) is 24.5 Å². The van der Waals surface area contributed by atoms with Gasteiger partial charge in [0.2, 0.25) is 9.84 Å². The minimum absolute atomic E-state index is 0.219. The number of benzene rings is 1. The van der Waals surface area contributed by atoms with Crippen LogP contribution >= 0.6 is 0 Å². The second kappa shape index (κ2) is 6.51. The summed E-state index contributed by atoms with van der Waals surface area (Å²) in [5.74, 6) is 0.621. The molecule has 0 spiro atoms. The maximum Gasteiger partial charge on any atom is 0.417 e. The number of nitrogens with zero attached hydrogens (tertiary/aromatic N) is 3. The van der Waals surface area contributed by atoms with Crippen LogP contribution < -0.4 is 0 Å². The van der Waals surface area contributed by atoms with E-state index in [0.717, 1.165) is 23.9 Å². The molecule has 3 rings (SSSR count). The average Bonchev–Trinajstić information content (AvgIpc) is 3.20. The van der Waals surface area contributed by atoms with Crippen LogP contribution in [-0.4, -0.2) is 22.8 Å². The van der Waals surface area contributed by atoms with Crippen molar-refractivity contribution in [1.82, 2.24) is 14.3 Å². The second-order valence-electron chi connectivity index (χ2n) is 7.48. The normalized spacial score (nSPS) is 13.1. The van der Waals surface area contributed by atoms with E-state index in [1.54, 1.807) is 15.3 Å². The molecule has 3 aromatic rings. The molecule has 0 fully saturated rings. The van der Waals surface area contributed by atoms with Crippen LogP contribution in [0, 0.1) is 6.92 Å². The highest BCUT2D eigenvalue weighted by Crippen LogP contribution is 2.36. The predicted octanol–water partition coefficient (Wildman–Crippen LogP) is 4.59. The summed E-state index contributed by atoms with van der Waals surface area (Å²) in [6, 6.07) is 7.25. The summed E-state index contributed by atoms with van der Waals surface area (Å²) in [4.78, 5) is -0.982. The molecule has 150 valence electrons. The van der Waals surface area contributed by atoms with Gasteiger partial charge < -0.3 is 4.57 Å². The zero-order valence-corrected chi connectivity index (χ0v) is 16.6. The Bertz CT molecular complexity index is 1120. The Morgan fingerprint density at radius 2 is 1.68 bits per heavy atom. The van der Waals surface area contributed by atoms with Crippen LogP contribution in [0.2, 0.25) is 0 Å². The van der Waals surface area contributed by atoms with Crippen LogP contribution in [0.15, 0.2) is 58.6 Å². The van der Waals surface area contributed by atoms with Gasteiger partial charge in [-0.3, -0.25) is 0 Å². The van der Waals surface area contributed by atoms with Gasteiger partial charge >= 0.3 is 6.18 Å². The fraction of sp³-hybridized carbons (Fsp3) is 0.316. The molecule has 0 aliphatic heterocycles. The van der Waals surface area contributed by atoms with Gasteiger partial charge in [-0.05, 0) is 45.9 Å². The Hall–Kier alpha value is -2.55. The number of alkyl halides is 3. The third-order valence-corrected chi connectivity index (χ3v) is 5.97. The highest BCUT2D eigenvalue weighted by molar-refractivity contribution is 7.91. The van der Waals surface area contributed by atoms with Gasteiger partial charge in [-0.25, -0.2) is 13.1 Å². The van der Waals surface area contributed by atoms with Crippen LogP contribution in [0.5, 0.6) is 0 Å². The first kappa shape index (κ1) is 20.2. The Morgan fingerprint density at radius 3 is 2.29 bits per heavy atom. The third-order valence-electron chi connectivity index (χ3n) is 4.17. The van der Waals surface area contributed by atoms with Gasteiger partial charge in [-0.2, -0.15) is 18.3 Å². The van der Waals surface area contributed by atoms with E-state index in [2.05, 4.69) is 5.10 Å². The molecular formula is C19H20F3N3O2S. The predicted molar refractivity (Wildman–Crippen MR) is 98.2 cm³/mol. The van der Waals surface area contributed by atoms with Gasteiger partial charge in [0.15, 0.2) is 0 Å². The molecule has 0 N–H and O–H groups in total. The first-order valence-electron chi connectivity index (χ1n) is 8.48. The lowest BCUT2D eigenvalue weighted by Gasteiger charge is -2.22. The maximum atomic E-state index is 13.3. The summed E-state index contributed by atoms with van der Waals surface area (Å²) in [6.45, 7) is 7.66. The molecule has 2 aromatic heterocycles. The molecule has 28 heavy (non-hydrogen) atoms. The fourth-order valence-corrected chi connectivity index (χ4v) is 4.38. The summed E-state index contributed by atoms with van der Waals surface area (Å²) in [7, 11) is -4.35. The van der Waals surface area contributed by atoms with Gasteiger partial charge in [-0.15, -0.1) is 0 Å². The summed E-state index contributed by atoms with van der Waals surface area (Å²) in [5, 5.41) is 4.43. The van der Waals surface area contributed by atoms with E-state index in [0.29, 0.717) is 5.82 Å². The number of aromatic nitrogens is 3. The zero-order valence-electron chi connectivity index (χ0n) is 15.8. The lowest BCUT2D eigenvalue weighted by molar-refractivity contribution is -0.139. The molecule has 0 unspecified atom stereocenters. The number of aryl methyl sites for hydroxylation is 1. The molecule has 1 aromatic carbocycles. The van der Waals surface area contributed by atoms with E-state index in [-0.39, 0.29) is 10.4 Å². The van der Waals surface area contributed by atoms with E-state index in [9.17, 15) is 21.6 Å². The number of sulfone groups is 1. The van der Waals surface area contributed by atoms with E-state index in [1.807, 2.05) is 27.7 Å². The molecule has 0 bridgehead atoms. The van der Waals surface area contributed by atoms with Crippen molar-refractivity contribution in [3.63, 3.8) is 0 Å². The van der Waals surface area contributed by atoms with Crippen molar-refractivity contribution >= 4 is 9.84 Å². The molecule has 0 saturated carbocycles. The quantitative estimate of drug-likeness (QED) is 0.634. The Morgan fingerprint density at radius 1 is 1.04 bits per heavy atom. The summed E-state index contributed by atoms with van der Waals surface area (Å²) >= 11 is 0. The van der Waals surface area contributed by atoms with Crippen molar-refractivity contribution in [2.45, 2.75) is 49.2 Å². The van der Waals surface area contributed by atoms with Crippen molar-refractivity contribution in [2.75, 3.05) is 0 Å². The third kappa shape index (κ3) is 3.58.